The number of methoxy groups -OCH3 is 1. The highest BCUT2D eigenvalue weighted by Crippen LogP contribution is 2.05. The van der Waals surface area contributed by atoms with Crippen molar-refractivity contribution in [2.45, 2.75) is 6.92 Å². The van der Waals surface area contributed by atoms with Crippen LogP contribution in [-0.2, 0) is 0 Å². The first kappa shape index (κ1) is 7.48. The third kappa shape index (κ3) is 1.44. The summed E-state index contributed by atoms with van der Waals surface area (Å²) in [5.74, 6) is 0. The molecule has 56 valence electrons. The fourth-order valence-corrected chi connectivity index (χ4v) is 0.654. The number of aryl methyl sites for hydroxylation is 1. The van der Waals surface area contributed by atoms with Gasteiger partial charge in [0.05, 0.1) is 24.6 Å². The Hall–Kier alpha value is -1.63. The van der Waals surface area contributed by atoms with E-state index >= 15 is 0 Å². The van der Waals surface area contributed by atoms with Gasteiger partial charge in [-0.2, -0.15) is 10.2 Å². The van der Waals surface area contributed by atoms with Crippen molar-refractivity contribution >= 4 is 0 Å². The second kappa shape index (κ2) is 2.97. The Morgan fingerprint density at radius 2 is 2.36 bits per heavy atom. The molecule has 0 aliphatic heterocycles. The van der Waals surface area contributed by atoms with Crippen molar-refractivity contribution in [2.24, 2.45) is 0 Å². The van der Waals surface area contributed by atoms with Crippen LogP contribution in [-0.4, -0.2) is 17.1 Å². The molecule has 0 fully saturated rings. The predicted octanol–water partition coefficient (Wildman–Crippen LogP) is 0.665. The predicted molar refractivity (Wildman–Crippen MR) is 38.0 cm³/mol. The summed E-state index contributed by atoms with van der Waals surface area (Å²) in [5.41, 5.74) is 1.12. The van der Waals surface area contributed by atoms with E-state index in [1.807, 2.05) is 6.07 Å². The van der Waals surface area contributed by atoms with Gasteiger partial charge in [-0.05, 0) is 6.92 Å². The molecule has 0 atom stereocenters. The molecule has 0 aliphatic rings. The smallest absolute Gasteiger partial charge is 0.316 e. The topological polar surface area (TPSA) is 58.8 Å². The van der Waals surface area contributed by atoms with E-state index in [2.05, 4.69) is 9.97 Å². The number of ether oxygens (including phenoxy) is 1. The summed E-state index contributed by atoms with van der Waals surface area (Å²) in [6.45, 7) is 1.74. The van der Waals surface area contributed by atoms with Gasteiger partial charge in [0.25, 0.3) is 0 Å². The molecule has 0 aromatic carbocycles. The van der Waals surface area contributed by atoms with Gasteiger partial charge < -0.3 is 4.74 Å². The Kier molecular flexibility index (Phi) is 2.02. The van der Waals surface area contributed by atoms with Crippen molar-refractivity contribution in [1.29, 1.82) is 5.26 Å². The number of nitrogens with zero attached hydrogens (tertiary/aromatic N) is 3. The maximum Gasteiger partial charge on any atom is 0.316 e. The van der Waals surface area contributed by atoms with Crippen LogP contribution in [0.25, 0.3) is 0 Å². The van der Waals surface area contributed by atoms with Crippen LogP contribution < -0.4 is 4.74 Å². The van der Waals surface area contributed by atoms with Gasteiger partial charge in [-0.25, -0.2) is 4.98 Å². The summed E-state index contributed by atoms with van der Waals surface area (Å²) in [6.07, 6.45) is 1.45. The first-order chi connectivity index (χ1) is 5.27. The molecule has 0 saturated carbocycles. The van der Waals surface area contributed by atoms with E-state index in [4.69, 9.17) is 10.00 Å². The van der Waals surface area contributed by atoms with Gasteiger partial charge in [0, 0.05) is 0 Å². The highest BCUT2D eigenvalue weighted by molar-refractivity contribution is 5.30. The van der Waals surface area contributed by atoms with Crippen molar-refractivity contribution in [3.8, 4) is 12.1 Å². The van der Waals surface area contributed by atoms with Crippen molar-refractivity contribution in [3.05, 3.63) is 17.5 Å². The van der Waals surface area contributed by atoms with Crippen LogP contribution in [0.2, 0.25) is 0 Å². The molecule has 1 rings (SSSR count). The second-order valence-electron chi connectivity index (χ2n) is 1.97. The monoisotopic (exact) mass is 149 g/mol. The van der Waals surface area contributed by atoms with Crippen LogP contribution in [0.15, 0.2) is 6.20 Å². The zero-order chi connectivity index (χ0) is 8.27. The standard InChI is InChI=1S/C7H7N3O/c1-5-6(3-8)4-9-7(10-5)11-2/h4H,1-2H3. The van der Waals surface area contributed by atoms with Gasteiger partial charge in [-0.3, -0.25) is 0 Å². The van der Waals surface area contributed by atoms with Crippen molar-refractivity contribution in [1.82, 2.24) is 9.97 Å². The summed E-state index contributed by atoms with van der Waals surface area (Å²) in [4.78, 5) is 7.68. The van der Waals surface area contributed by atoms with E-state index in [1.165, 1.54) is 13.3 Å². The van der Waals surface area contributed by atoms with Gasteiger partial charge in [-0.1, -0.05) is 0 Å². The van der Waals surface area contributed by atoms with Crippen LogP contribution in [0.4, 0.5) is 0 Å². The quantitative estimate of drug-likeness (QED) is 0.588. The average molecular weight is 149 g/mol. The molecule has 0 N–H and O–H groups in total. The lowest BCUT2D eigenvalue weighted by molar-refractivity contribution is 0.378. The Morgan fingerprint density at radius 1 is 1.64 bits per heavy atom. The Bertz CT molecular complexity index is 303. The minimum atomic E-state index is 0.293. The van der Waals surface area contributed by atoms with Crippen molar-refractivity contribution in [3.63, 3.8) is 0 Å². The van der Waals surface area contributed by atoms with Gasteiger partial charge in [-0.15, -0.1) is 0 Å². The fourth-order valence-electron chi connectivity index (χ4n) is 0.654. The van der Waals surface area contributed by atoms with E-state index < -0.39 is 0 Å². The Labute approximate surface area is 64.5 Å². The molecule has 0 amide bonds. The molecule has 1 aromatic heterocycles. The van der Waals surface area contributed by atoms with Gasteiger partial charge in [0.2, 0.25) is 0 Å². The Morgan fingerprint density at radius 3 is 2.82 bits per heavy atom. The van der Waals surface area contributed by atoms with E-state index in [9.17, 15) is 0 Å². The van der Waals surface area contributed by atoms with Crippen molar-refractivity contribution < 1.29 is 4.74 Å². The Balaban J connectivity index is 3.12. The van der Waals surface area contributed by atoms with Gasteiger partial charge >= 0.3 is 6.01 Å². The maximum atomic E-state index is 8.51. The van der Waals surface area contributed by atoms with Gasteiger partial charge in [0.15, 0.2) is 0 Å². The summed E-state index contributed by atoms with van der Waals surface area (Å²) in [5, 5.41) is 8.51. The lowest BCUT2D eigenvalue weighted by Crippen LogP contribution is -1.95. The lowest BCUT2D eigenvalue weighted by Gasteiger charge is -1.98. The van der Waals surface area contributed by atoms with E-state index in [0.717, 1.165) is 0 Å². The van der Waals surface area contributed by atoms with Crippen molar-refractivity contribution in [2.75, 3.05) is 7.11 Å². The third-order valence-electron chi connectivity index (χ3n) is 1.26. The number of aromatic nitrogens is 2. The molecule has 0 radical (unpaired) electrons. The minimum absolute atomic E-state index is 0.293. The average Bonchev–Trinajstić information content (AvgIpc) is 2.04. The zero-order valence-electron chi connectivity index (χ0n) is 6.33. The highest BCUT2D eigenvalue weighted by Gasteiger charge is 2.00. The normalized spacial score (nSPS) is 8.82. The number of nitriles is 1. The first-order valence-corrected chi connectivity index (χ1v) is 3.05. The zero-order valence-corrected chi connectivity index (χ0v) is 6.33. The molecule has 11 heavy (non-hydrogen) atoms. The van der Waals surface area contributed by atoms with Crippen LogP contribution in [0, 0.1) is 18.3 Å². The van der Waals surface area contributed by atoms with Crippen LogP contribution >= 0.6 is 0 Å². The summed E-state index contributed by atoms with van der Waals surface area (Å²) in [7, 11) is 1.49. The van der Waals surface area contributed by atoms with E-state index in [-0.39, 0.29) is 0 Å². The number of hydrogen-bond acceptors (Lipinski definition) is 4. The number of rotatable bonds is 1. The van der Waals surface area contributed by atoms with Crippen LogP contribution in [0.5, 0.6) is 6.01 Å². The first-order valence-electron chi connectivity index (χ1n) is 3.05. The third-order valence-corrected chi connectivity index (χ3v) is 1.26. The maximum absolute atomic E-state index is 8.51. The number of hydrogen-bond donors (Lipinski definition) is 0. The summed E-state index contributed by atoms with van der Waals surface area (Å²) >= 11 is 0. The van der Waals surface area contributed by atoms with E-state index in [1.54, 1.807) is 6.92 Å². The van der Waals surface area contributed by atoms with E-state index in [0.29, 0.717) is 17.3 Å². The second-order valence-corrected chi connectivity index (χ2v) is 1.97. The fraction of sp³-hybridized carbons (Fsp3) is 0.286. The molecular formula is C7H7N3O. The molecule has 1 heterocycles. The molecule has 0 unspecified atom stereocenters. The molecule has 0 spiro atoms. The molecule has 0 aliphatic carbocycles. The van der Waals surface area contributed by atoms with Crippen LogP contribution in [0.3, 0.4) is 0 Å². The summed E-state index contributed by atoms with van der Waals surface area (Å²) in [6, 6.07) is 2.26. The SMILES string of the molecule is COc1ncc(C#N)c(C)n1. The molecular weight excluding hydrogens is 142 g/mol. The molecule has 1 aromatic rings. The van der Waals surface area contributed by atoms with Gasteiger partial charge in [0.1, 0.15) is 6.07 Å². The molecule has 4 nitrogen and oxygen atoms in total. The molecule has 4 heteroatoms. The summed E-state index contributed by atoms with van der Waals surface area (Å²) < 4.78 is 4.76. The van der Waals surface area contributed by atoms with Crippen LogP contribution in [0.1, 0.15) is 11.3 Å². The molecule has 0 bridgehead atoms. The molecule has 0 saturated heterocycles. The minimum Gasteiger partial charge on any atom is -0.467 e. The largest absolute Gasteiger partial charge is 0.467 e. The highest BCUT2D eigenvalue weighted by atomic mass is 16.5. The lowest BCUT2D eigenvalue weighted by atomic mass is 10.3.